The number of hydrogen-bond donors (Lipinski definition) is 1. The zero-order chi connectivity index (χ0) is 12.8. The Morgan fingerprint density at radius 2 is 2.06 bits per heavy atom. The van der Waals surface area contributed by atoms with E-state index in [1.807, 2.05) is 4.90 Å². The van der Waals surface area contributed by atoms with Gasteiger partial charge in [0.2, 0.25) is 5.91 Å². The van der Waals surface area contributed by atoms with Crippen molar-refractivity contribution < 1.29 is 9.90 Å². The smallest absolute Gasteiger partial charge is 0.226 e. The van der Waals surface area contributed by atoms with Gasteiger partial charge in [-0.3, -0.25) is 4.79 Å². The summed E-state index contributed by atoms with van der Waals surface area (Å²) < 4.78 is 0. The first-order chi connectivity index (χ1) is 7.84. The fraction of sp³-hybridized carbons (Fsp3) is 0.786. The lowest BCUT2D eigenvalue weighted by Gasteiger charge is -2.16. The van der Waals surface area contributed by atoms with Gasteiger partial charge in [0.15, 0.2) is 0 Å². The minimum atomic E-state index is -0.317. The van der Waals surface area contributed by atoms with E-state index < -0.39 is 0 Å². The largest absolute Gasteiger partial charge is 0.391 e. The van der Waals surface area contributed by atoms with Crippen molar-refractivity contribution in [2.24, 2.45) is 17.3 Å². The maximum atomic E-state index is 12.3. The Morgan fingerprint density at radius 1 is 1.41 bits per heavy atom. The number of aliphatic hydroxyl groups is 1. The number of likely N-dealkylation sites (tertiary alicyclic amines) is 1. The molecule has 1 N–H and O–H groups in total. The fourth-order valence-electron chi connectivity index (χ4n) is 2.96. The minimum absolute atomic E-state index is 0.0852. The van der Waals surface area contributed by atoms with Gasteiger partial charge in [0.05, 0.1) is 12.0 Å². The summed E-state index contributed by atoms with van der Waals surface area (Å²) in [5.74, 6) is 0.717. The maximum Gasteiger partial charge on any atom is 0.226 e. The van der Waals surface area contributed by atoms with Gasteiger partial charge in [-0.25, -0.2) is 0 Å². The molecule has 1 amide bonds. The molecule has 1 saturated carbocycles. The van der Waals surface area contributed by atoms with Crippen LogP contribution >= 0.6 is 0 Å². The first-order valence-corrected chi connectivity index (χ1v) is 6.46. The van der Waals surface area contributed by atoms with Gasteiger partial charge in [0, 0.05) is 13.1 Å². The van der Waals surface area contributed by atoms with Crippen LogP contribution in [-0.4, -0.2) is 35.1 Å². The van der Waals surface area contributed by atoms with Gasteiger partial charge in [0.1, 0.15) is 0 Å². The van der Waals surface area contributed by atoms with E-state index in [1.54, 1.807) is 0 Å². The van der Waals surface area contributed by atoms with Crippen LogP contribution < -0.4 is 0 Å². The number of allylic oxidation sites excluding steroid dienone is 2. The third kappa shape index (κ3) is 2.25. The summed E-state index contributed by atoms with van der Waals surface area (Å²) in [6.07, 6.45) is 2.63. The van der Waals surface area contributed by atoms with E-state index in [0.717, 1.165) is 6.42 Å². The van der Waals surface area contributed by atoms with Crippen molar-refractivity contribution in [3.8, 4) is 0 Å². The Kier molecular flexibility index (Phi) is 3.06. The molecule has 3 atom stereocenters. The zero-order valence-corrected chi connectivity index (χ0v) is 11.2. The minimum Gasteiger partial charge on any atom is -0.391 e. The lowest BCUT2D eigenvalue weighted by molar-refractivity contribution is -0.132. The van der Waals surface area contributed by atoms with E-state index in [4.69, 9.17) is 0 Å². The second-order valence-electron chi connectivity index (χ2n) is 6.30. The lowest BCUT2D eigenvalue weighted by atomic mass is 10.1. The average molecular weight is 237 g/mol. The van der Waals surface area contributed by atoms with Gasteiger partial charge in [0.25, 0.3) is 0 Å². The molecular weight excluding hydrogens is 214 g/mol. The molecule has 2 fully saturated rings. The maximum absolute atomic E-state index is 12.3. The van der Waals surface area contributed by atoms with Crippen molar-refractivity contribution >= 4 is 5.91 Å². The molecule has 2 unspecified atom stereocenters. The van der Waals surface area contributed by atoms with Gasteiger partial charge in [-0.15, -0.1) is 0 Å². The Labute approximate surface area is 103 Å². The second kappa shape index (κ2) is 4.13. The number of aliphatic hydroxyl groups excluding tert-OH is 1. The van der Waals surface area contributed by atoms with Crippen LogP contribution in [0.1, 0.15) is 34.1 Å². The molecule has 1 heterocycles. The van der Waals surface area contributed by atoms with E-state index in [2.05, 4.69) is 33.8 Å². The van der Waals surface area contributed by atoms with Gasteiger partial charge in [-0.2, -0.15) is 0 Å². The summed E-state index contributed by atoms with van der Waals surface area (Å²) >= 11 is 0. The molecule has 17 heavy (non-hydrogen) atoms. The Hall–Kier alpha value is -0.830. The van der Waals surface area contributed by atoms with Gasteiger partial charge in [-0.05, 0) is 31.6 Å². The van der Waals surface area contributed by atoms with Gasteiger partial charge in [-0.1, -0.05) is 25.5 Å². The zero-order valence-electron chi connectivity index (χ0n) is 11.2. The van der Waals surface area contributed by atoms with Crippen molar-refractivity contribution in [2.45, 2.75) is 40.2 Å². The monoisotopic (exact) mass is 237 g/mol. The first-order valence-electron chi connectivity index (χ1n) is 6.46. The van der Waals surface area contributed by atoms with Crippen LogP contribution in [0.25, 0.3) is 0 Å². The Morgan fingerprint density at radius 3 is 2.53 bits per heavy atom. The van der Waals surface area contributed by atoms with Crippen molar-refractivity contribution in [2.75, 3.05) is 13.1 Å². The number of hydrogen-bond acceptors (Lipinski definition) is 2. The molecule has 0 radical (unpaired) electrons. The highest BCUT2D eigenvalue weighted by Crippen LogP contribution is 2.60. The lowest BCUT2D eigenvalue weighted by Crippen LogP contribution is -2.32. The van der Waals surface area contributed by atoms with E-state index in [1.165, 1.54) is 5.57 Å². The second-order valence-corrected chi connectivity index (χ2v) is 6.30. The molecule has 2 aliphatic rings. The third-order valence-corrected chi connectivity index (χ3v) is 4.16. The molecule has 0 bridgehead atoms. The SMILES string of the molecule is CC(C)=CC1C(C(=O)N2CC[C@H](O)C2)C1(C)C. The van der Waals surface area contributed by atoms with Crippen LogP contribution in [0.2, 0.25) is 0 Å². The summed E-state index contributed by atoms with van der Waals surface area (Å²) in [5.41, 5.74) is 1.36. The summed E-state index contributed by atoms with van der Waals surface area (Å²) in [6, 6.07) is 0. The Bertz CT molecular complexity index is 355. The molecule has 0 aromatic heterocycles. The molecule has 3 heteroatoms. The number of β-amino-alcohol motifs (C(OH)–C–C–N with tert-alkyl or cyclic N) is 1. The highest BCUT2D eigenvalue weighted by Gasteiger charge is 2.61. The predicted molar refractivity (Wildman–Crippen MR) is 67.4 cm³/mol. The average Bonchev–Trinajstić information content (AvgIpc) is 2.60. The van der Waals surface area contributed by atoms with Crippen molar-refractivity contribution in [1.29, 1.82) is 0 Å². The quantitative estimate of drug-likeness (QED) is 0.744. The number of carbonyl (C=O) groups is 1. The normalized spacial score (nSPS) is 34.6. The highest BCUT2D eigenvalue weighted by molar-refractivity contribution is 5.84. The van der Waals surface area contributed by atoms with E-state index >= 15 is 0 Å². The highest BCUT2D eigenvalue weighted by atomic mass is 16.3. The molecule has 1 saturated heterocycles. The topological polar surface area (TPSA) is 40.5 Å². The Balaban J connectivity index is 2.04. The molecule has 1 aliphatic carbocycles. The van der Waals surface area contributed by atoms with Crippen LogP contribution in [0.3, 0.4) is 0 Å². The van der Waals surface area contributed by atoms with E-state index in [9.17, 15) is 9.90 Å². The van der Waals surface area contributed by atoms with Crippen LogP contribution in [0.5, 0.6) is 0 Å². The van der Waals surface area contributed by atoms with Gasteiger partial charge >= 0.3 is 0 Å². The van der Waals surface area contributed by atoms with Crippen molar-refractivity contribution in [3.63, 3.8) is 0 Å². The van der Waals surface area contributed by atoms with Crippen molar-refractivity contribution in [1.82, 2.24) is 4.90 Å². The van der Waals surface area contributed by atoms with Crippen LogP contribution in [-0.2, 0) is 4.79 Å². The molecule has 2 rings (SSSR count). The molecule has 1 aliphatic heterocycles. The van der Waals surface area contributed by atoms with Crippen LogP contribution in [0, 0.1) is 17.3 Å². The van der Waals surface area contributed by atoms with Gasteiger partial charge < -0.3 is 10.0 Å². The van der Waals surface area contributed by atoms with Crippen molar-refractivity contribution in [3.05, 3.63) is 11.6 Å². The van der Waals surface area contributed by atoms with Crippen LogP contribution in [0.4, 0.5) is 0 Å². The number of rotatable bonds is 2. The van der Waals surface area contributed by atoms with E-state index in [0.29, 0.717) is 19.0 Å². The third-order valence-electron chi connectivity index (χ3n) is 4.16. The first kappa shape index (κ1) is 12.6. The molecule has 0 aromatic rings. The number of amides is 1. The fourth-order valence-corrected chi connectivity index (χ4v) is 2.96. The molecular formula is C14H23NO2. The molecule has 0 spiro atoms. The number of carbonyl (C=O) groups excluding carboxylic acids is 1. The summed E-state index contributed by atoms with van der Waals surface area (Å²) in [6.45, 7) is 9.71. The standard InChI is InChI=1S/C14H23NO2/c1-9(2)7-11-12(14(11,3)4)13(17)15-6-5-10(16)8-15/h7,10-12,16H,5-6,8H2,1-4H3/t10-,11?,12?/m0/s1. The summed E-state index contributed by atoms with van der Waals surface area (Å²) in [4.78, 5) is 14.2. The van der Waals surface area contributed by atoms with E-state index in [-0.39, 0.29) is 23.3 Å². The summed E-state index contributed by atoms with van der Waals surface area (Å²) in [5, 5.41) is 9.49. The van der Waals surface area contributed by atoms with Crippen LogP contribution in [0.15, 0.2) is 11.6 Å². The molecule has 0 aromatic carbocycles. The molecule has 3 nitrogen and oxygen atoms in total. The summed E-state index contributed by atoms with van der Waals surface area (Å²) in [7, 11) is 0. The predicted octanol–water partition coefficient (Wildman–Crippen LogP) is 1.82. The molecule has 96 valence electrons. The number of nitrogens with zero attached hydrogens (tertiary/aromatic N) is 1.